The standard InChI is InChI=1S/C26H21BrN2O4S/c1-17-5-11-22(12-6-17)34(32,33)29-24(19-9-7-18(16-28)8-10-19)14-13-23(26(30)31)25(29)20-3-2-4-21(27)15-20/h2-13,15,24-25H,14H2,1H3,(H,30,31)/t24-,25-/m0/s1. The number of benzene rings is 3. The van der Waals surface area contributed by atoms with E-state index in [4.69, 9.17) is 5.26 Å². The predicted octanol–water partition coefficient (Wildman–Crippen LogP) is 5.52. The van der Waals surface area contributed by atoms with Crippen molar-refractivity contribution in [1.29, 1.82) is 5.26 Å². The van der Waals surface area contributed by atoms with Crippen molar-refractivity contribution in [2.75, 3.05) is 0 Å². The molecule has 0 radical (unpaired) electrons. The molecule has 1 aliphatic heterocycles. The van der Waals surface area contributed by atoms with Gasteiger partial charge in [0.2, 0.25) is 10.0 Å². The van der Waals surface area contributed by atoms with Crippen molar-refractivity contribution in [1.82, 2.24) is 4.31 Å². The van der Waals surface area contributed by atoms with E-state index in [1.54, 1.807) is 66.7 Å². The summed E-state index contributed by atoms with van der Waals surface area (Å²) in [4.78, 5) is 12.4. The van der Waals surface area contributed by atoms with Gasteiger partial charge in [0.05, 0.1) is 34.2 Å². The van der Waals surface area contributed by atoms with Crippen LogP contribution in [0.3, 0.4) is 0 Å². The first-order valence-electron chi connectivity index (χ1n) is 10.5. The Labute approximate surface area is 207 Å². The molecule has 0 saturated heterocycles. The number of nitrogens with zero attached hydrogens (tertiary/aromatic N) is 2. The summed E-state index contributed by atoms with van der Waals surface area (Å²) in [5.74, 6) is -1.17. The molecule has 0 spiro atoms. The monoisotopic (exact) mass is 536 g/mol. The van der Waals surface area contributed by atoms with E-state index in [1.165, 1.54) is 16.4 Å². The number of hydrogen-bond acceptors (Lipinski definition) is 4. The molecule has 0 bridgehead atoms. The van der Waals surface area contributed by atoms with Crippen molar-refractivity contribution in [3.05, 3.63) is 111 Å². The molecule has 0 fully saturated rings. The summed E-state index contributed by atoms with van der Waals surface area (Å²) in [7, 11) is -4.12. The third-order valence-electron chi connectivity index (χ3n) is 5.85. The minimum Gasteiger partial charge on any atom is -0.478 e. The second-order valence-electron chi connectivity index (χ2n) is 8.06. The lowest BCUT2D eigenvalue weighted by Crippen LogP contribution is -2.42. The molecule has 172 valence electrons. The number of carbonyl (C=O) groups is 1. The summed E-state index contributed by atoms with van der Waals surface area (Å²) in [6, 6.07) is 20.6. The van der Waals surface area contributed by atoms with Crippen LogP contribution >= 0.6 is 15.9 Å². The number of aliphatic carboxylic acids is 1. The maximum absolute atomic E-state index is 14.1. The van der Waals surface area contributed by atoms with Gasteiger partial charge in [-0.15, -0.1) is 0 Å². The fourth-order valence-electron chi connectivity index (χ4n) is 4.18. The van der Waals surface area contributed by atoms with Crippen molar-refractivity contribution in [2.45, 2.75) is 30.3 Å². The molecule has 1 heterocycles. The highest BCUT2D eigenvalue weighted by Gasteiger charge is 2.44. The van der Waals surface area contributed by atoms with Crippen LogP contribution in [-0.4, -0.2) is 23.8 Å². The molecule has 0 aliphatic carbocycles. The summed E-state index contributed by atoms with van der Waals surface area (Å²) in [5.41, 5.74) is 2.58. The van der Waals surface area contributed by atoms with E-state index < -0.39 is 28.1 Å². The van der Waals surface area contributed by atoms with Gasteiger partial charge in [-0.05, 0) is 60.9 Å². The van der Waals surface area contributed by atoms with Crippen LogP contribution in [0.2, 0.25) is 0 Å². The third kappa shape index (κ3) is 4.55. The number of carboxylic acids is 1. The zero-order chi connectivity index (χ0) is 24.5. The molecule has 4 rings (SSSR count). The van der Waals surface area contributed by atoms with E-state index in [0.29, 0.717) is 21.2 Å². The SMILES string of the molecule is Cc1ccc(S(=O)(=O)N2[C@@H](c3cccc(Br)c3)C(C(=O)O)=CC[C@H]2c2ccc(C#N)cc2)cc1. The van der Waals surface area contributed by atoms with E-state index in [0.717, 1.165) is 5.56 Å². The fraction of sp³-hybridized carbons (Fsp3) is 0.154. The van der Waals surface area contributed by atoms with Crippen LogP contribution in [0.4, 0.5) is 0 Å². The first kappa shape index (κ1) is 23.9. The zero-order valence-electron chi connectivity index (χ0n) is 18.2. The minimum atomic E-state index is -4.12. The molecule has 0 unspecified atom stereocenters. The highest BCUT2D eigenvalue weighted by Crippen LogP contribution is 2.46. The van der Waals surface area contributed by atoms with Gasteiger partial charge in [-0.3, -0.25) is 0 Å². The number of aryl methyl sites for hydroxylation is 1. The first-order chi connectivity index (χ1) is 16.2. The van der Waals surface area contributed by atoms with Gasteiger partial charge in [-0.25, -0.2) is 13.2 Å². The topological polar surface area (TPSA) is 98.5 Å². The van der Waals surface area contributed by atoms with Gasteiger partial charge in [0.15, 0.2) is 0 Å². The van der Waals surface area contributed by atoms with Gasteiger partial charge < -0.3 is 5.11 Å². The minimum absolute atomic E-state index is 0.00122. The molecular weight excluding hydrogens is 516 g/mol. The molecule has 6 nitrogen and oxygen atoms in total. The predicted molar refractivity (Wildman–Crippen MR) is 131 cm³/mol. The quantitative estimate of drug-likeness (QED) is 0.463. The molecule has 0 aromatic heterocycles. The number of halogens is 1. The molecule has 34 heavy (non-hydrogen) atoms. The van der Waals surface area contributed by atoms with E-state index in [2.05, 4.69) is 22.0 Å². The number of sulfonamides is 1. The van der Waals surface area contributed by atoms with E-state index in [-0.39, 0.29) is 16.9 Å². The number of carboxylic acid groups (broad SMARTS) is 1. The van der Waals surface area contributed by atoms with Crippen LogP contribution in [0.25, 0.3) is 0 Å². The lowest BCUT2D eigenvalue weighted by atomic mass is 9.89. The van der Waals surface area contributed by atoms with Gasteiger partial charge >= 0.3 is 5.97 Å². The van der Waals surface area contributed by atoms with Gasteiger partial charge in [0.25, 0.3) is 0 Å². The molecule has 0 amide bonds. The smallest absolute Gasteiger partial charge is 0.333 e. The molecule has 3 aromatic carbocycles. The Balaban J connectivity index is 1.97. The summed E-state index contributed by atoms with van der Waals surface area (Å²) in [6.07, 6.45) is 1.78. The van der Waals surface area contributed by atoms with E-state index in [9.17, 15) is 18.3 Å². The summed E-state index contributed by atoms with van der Waals surface area (Å²) in [6.45, 7) is 1.87. The van der Waals surface area contributed by atoms with Crippen LogP contribution < -0.4 is 0 Å². The van der Waals surface area contributed by atoms with Crippen LogP contribution in [0.5, 0.6) is 0 Å². The van der Waals surface area contributed by atoms with Crippen molar-refractivity contribution in [3.8, 4) is 6.07 Å². The number of hydrogen-bond donors (Lipinski definition) is 1. The highest BCUT2D eigenvalue weighted by atomic mass is 79.9. The van der Waals surface area contributed by atoms with Crippen molar-refractivity contribution < 1.29 is 18.3 Å². The maximum Gasteiger partial charge on any atom is 0.333 e. The Kier molecular flexibility index (Phi) is 6.71. The summed E-state index contributed by atoms with van der Waals surface area (Å²) in [5, 5.41) is 19.2. The molecule has 0 saturated carbocycles. The second-order valence-corrected chi connectivity index (χ2v) is 10.8. The second kappa shape index (κ2) is 9.55. The molecular formula is C26H21BrN2O4S. The van der Waals surface area contributed by atoms with Gasteiger partial charge in [0.1, 0.15) is 0 Å². The average Bonchev–Trinajstić information content (AvgIpc) is 2.83. The summed E-state index contributed by atoms with van der Waals surface area (Å²) < 4.78 is 30.2. The van der Waals surface area contributed by atoms with Gasteiger partial charge in [-0.2, -0.15) is 9.57 Å². The zero-order valence-corrected chi connectivity index (χ0v) is 20.6. The lowest BCUT2D eigenvalue weighted by molar-refractivity contribution is -0.133. The number of nitriles is 1. The number of rotatable bonds is 5. The molecule has 1 N–H and O–H groups in total. The van der Waals surface area contributed by atoms with Gasteiger partial charge in [-0.1, -0.05) is 64.0 Å². The molecule has 1 aliphatic rings. The third-order valence-corrected chi connectivity index (χ3v) is 8.23. The van der Waals surface area contributed by atoms with Crippen molar-refractivity contribution in [3.63, 3.8) is 0 Å². The van der Waals surface area contributed by atoms with Crippen LogP contribution in [0, 0.1) is 18.3 Å². The fourth-order valence-corrected chi connectivity index (χ4v) is 6.38. The summed E-state index contributed by atoms with van der Waals surface area (Å²) >= 11 is 3.42. The van der Waals surface area contributed by atoms with Crippen LogP contribution in [0.15, 0.2) is 93.8 Å². The molecule has 3 aromatic rings. The Morgan fingerprint density at radius 2 is 1.74 bits per heavy atom. The van der Waals surface area contributed by atoms with Gasteiger partial charge in [0, 0.05) is 4.47 Å². The van der Waals surface area contributed by atoms with Crippen molar-refractivity contribution >= 4 is 31.9 Å². The molecule has 2 atom stereocenters. The van der Waals surface area contributed by atoms with Crippen molar-refractivity contribution in [2.24, 2.45) is 0 Å². The Morgan fingerprint density at radius 1 is 1.06 bits per heavy atom. The normalized spacial score (nSPS) is 18.7. The van der Waals surface area contributed by atoms with E-state index in [1.807, 2.05) is 6.92 Å². The largest absolute Gasteiger partial charge is 0.478 e. The van der Waals surface area contributed by atoms with Crippen LogP contribution in [0.1, 0.15) is 40.8 Å². The lowest BCUT2D eigenvalue weighted by Gasteiger charge is -2.40. The Morgan fingerprint density at radius 3 is 2.32 bits per heavy atom. The first-order valence-corrected chi connectivity index (χ1v) is 12.7. The highest BCUT2D eigenvalue weighted by molar-refractivity contribution is 9.10. The Hall–Kier alpha value is -3.25. The maximum atomic E-state index is 14.1. The molecule has 8 heteroatoms. The van der Waals surface area contributed by atoms with Crippen LogP contribution in [-0.2, 0) is 14.8 Å². The Bertz CT molecular complexity index is 1410. The van der Waals surface area contributed by atoms with E-state index >= 15 is 0 Å². The average molecular weight is 537 g/mol.